The van der Waals surface area contributed by atoms with Gasteiger partial charge in [0.1, 0.15) is 12.1 Å². The molecule has 158 valence electrons. The highest BCUT2D eigenvalue weighted by molar-refractivity contribution is 5.86. The van der Waals surface area contributed by atoms with E-state index in [-0.39, 0.29) is 2.85 Å². The summed E-state index contributed by atoms with van der Waals surface area (Å²) in [7, 11) is 0. The molecule has 1 aliphatic heterocycles. The van der Waals surface area contributed by atoms with Crippen LogP contribution in [0.4, 0.5) is 5.82 Å². The summed E-state index contributed by atoms with van der Waals surface area (Å²) >= 11 is 0. The average molecular weight is 406 g/mol. The third-order valence-corrected chi connectivity index (χ3v) is 6.44. The zero-order chi connectivity index (χ0) is 20.8. The Balaban J connectivity index is 0.000000704. The van der Waals surface area contributed by atoms with Crippen molar-refractivity contribution in [1.82, 2.24) is 24.9 Å². The fourth-order valence-electron chi connectivity index (χ4n) is 4.85. The van der Waals surface area contributed by atoms with Gasteiger partial charge >= 0.3 is 0 Å². The lowest BCUT2D eigenvalue weighted by Crippen LogP contribution is -2.29. The smallest absolute Gasteiger partial charge is 0.164 e. The Morgan fingerprint density at radius 1 is 1.13 bits per heavy atom. The average Bonchev–Trinajstić information content (AvgIpc) is 3.17. The molecule has 1 saturated carbocycles. The molecule has 3 aliphatic rings. The molecule has 0 aromatic carbocycles. The van der Waals surface area contributed by atoms with Crippen LogP contribution >= 0.6 is 0 Å². The monoisotopic (exact) mass is 405 g/mol. The molecule has 2 unspecified atom stereocenters. The minimum atomic E-state index is 0. The number of nitrogens with two attached hydrogens (primary N) is 1. The molecule has 2 atom stereocenters. The van der Waals surface area contributed by atoms with E-state index < -0.39 is 0 Å². The molecule has 4 heterocycles. The SMILES string of the molecule is CC.CCc1nccc2c1Cc1nc(-c3cncnc3)nc(N3CC4C(N)C4C3)c1-2.[HH].[HH]. The number of pyridine rings is 1. The number of aryl methyl sites for hydroxylation is 1. The first kappa shape index (κ1) is 19.1. The lowest BCUT2D eigenvalue weighted by molar-refractivity contribution is 0.735. The van der Waals surface area contributed by atoms with Gasteiger partial charge in [-0.05, 0) is 35.4 Å². The summed E-state index contributed by atoms with van der Waals surface area (Å²) in [5, 5.41) is 0. The van der Waals surface area contributed by atoms with Crippen molar-refractivity contribution in [2.75, 3.05) is 18.0 Å². The standard InChI is InChI=1S/C21H21N7.C2H6.2H2/c1-2-16-13-5-17-18(12(13)3-4-25-16)21(28-8-14-15(9-28)19(14)22)27-20(26-17)11-6-23-10-24-7-11;1-2;;/h3-4,6-7,10,14-15,19H,2,5,8-9,22H2,1H3;1-2H3;2*1H. The summed E-state index contributed by atoms with van der Waals surface area (Å²) in [5.74, 6) is 2.91. The lowest BCUT2D eigenvalue weighted by atomic mass is 10.1. The van der Waals surface area contributed by atoms with Crippen LogP contribution in [0.25, 0.3) is 22.5 Å². The van der Waals surface area contributed by atoms with Gasteiger partial charge in [0.25, 0.3) is 0 Å². The highest BCUT2D eigenvalue weighted by atomic mass is 15.3. The third-order valence-electron chi connectivity index (χ3n) is 6.44. The van der Waals surface area contributed by atoms with Crippen LogP contribution in [0.2, 0.25) is 0 Å². The van der Waals surface area contributed by atoms with Crippen LogP contribution in [-0.4, -0.2) is 44.1 Å². The van der Waals surface area contributed by atoms with Crippen LogP contribution in [0.3, 0.4) is 0 Å². The van der Waals surface area contributed by atoms with Gasteiger partial charge in [-0.3, -0.25) is 4.98 Å². The lowest BCUT2D eigenvalue weighted by Gasteiger charge is -2.23. The Morgan fingerprint density at radius 3 is 2.57 bits per heavy atom. The highest BCUT2D eigenvalue weighted by Gasteiger charge is 2.54. The maximum atomic E-state index is 6.18. The van der Waals surface area contributed by atoms with Gasteiger partial charge in [0.05, 0.1) is 11.3 Å². The van der Waals surface area contributed by atoms with Gasteiger partial charge in [0.15, 0.2) is 5.82 Å². The summed E-state index contributed by atoms with van der Waals surface area (Å²) in [5.41, 5.74) is 12.9. The molecule has 7 nitrogen and oxygen atoms in total. The van der Waals surface area contributed by atoms with Crippen molar-refractivity contribution in [1.29, 1.82) is 0 Å². The maximum Gasteiger partial charge on any atom is 0.164 e. The van der Waals surface area contributed by atoms with Crippen LogP contribution in [0.1, 0.15) is 40.6 Å². The quantitative estimate of drug-likeness (QED) is 0.558. The number of anilines is 1. The van der Waals surface area contributed by atoms with E-state index in [1.807, 2.05) is 20.0 Å². The Hall–Kier alpha value is -2.93. The van der Waals surface area contributed by atoms with E-state index in [4.69, 9.17) is 15.7 Å². The molecule has 3 aromatic rings. The second-order valence-electron chi connectivity index (χ2n) is 7.94. The molecule has 0 spiro atoms. The van der Waals surface area contributed by atoms with Gasteiger partial charge in [-0.25, -0.2) is 19.9 Å². The first-order valence-electron chi connectivity index (χ1n) is 10.9. The van der Waals surface area contributed by atoms with E-state index in [1.54, 1.807) is 12.4 Å². The molecule has 2 aliphatic carbocycles. The Kier molecular flexibility index (Phi) is 4.70. The number of hydrogen-bond acceptors (Lipinski definition) is 7. The molecule has 0 radical (unpaired) electrons. The second kappa shape index (κ2) is 7.40. The van der Waals surface area contributed by atoms with Crippen LogP contribution in [-0.2, 0) is 12.8 Å². The Morgan fingerprint density at radius 2 is 1.87 bits per heavy atom. The normalized spacial score (nSPS) is 22.7. The van der Waals surface area contributed by atoms with Gasteiger partial charge in [0.2, 0.25) is 0 Å². The van der Waals surface area contributed by atoms with Crippen molar-refractivity contribution < 1.29 is 2.85 Å². The predicted molar refractivity (Wildman–Crippen MR) is 121 cm³/mol. The summed E-state index contributed by atoms with van der Waals surface area (Å²) in [6.45, 7) is 8.10. The number of nitrogens with zero attached hydrogens (tertiary/aromatic N) is 6. The van der Waals surface area contributed by atoms with Gasteiger partial charge < -0.3 is 10.6 Å². The number of piperidine rings is 1. The molecule has 2 fully saturated rings. The van der Waals surface area contributed by atoms with Gasteiger partial charge in [-0.1, -0.05) is 20.8 Å². The van der Waals surface area contributed by atoms with Crippen molar-refractivity contribution in [3.05, 3.63) is 47.9 Å². The molecule has 30 heavy (non-hydrogen) atoms. The fourth-order valence-corrected chi connectivity index (χ4v) is 4.85. The van der Waals surface area contributed by atoms with Crippen molar-refractivity contribution in [3.63, 3.8) is 0 Å². The van der Waals surface area contributed by atoms with Crippen LogP contribution in [0.5, 0.6) is 0 Å². The predicted octanol–water partition coefficient (Wildman–Crippen LogP) is 3.37. The molecule has 2 N–H and O–H groups in total. The fraction of sp³-hybridized carbons (Fsp3) is 0.435. The molecular weight excluding hydrogens is 374 g/mol. The van der Waals surface area contributed by atoms with Crippen LogP contribution in [0.15, 0.2) is 31.0 Å². The van der Waals surface area contributed by atoms with Crippen LogP contribution < -0.4 is 10.6 Å². The van der Waals surface area contributed by atoms with E-state index in [2.05, 4.69) is 32.8 Å². The molecule has 7 heteroatoms. The van der Waals surface area contributed by atoms with Crippen molar-refractivity contribution >= 4 is 5.82 Å². The molecular formula is C23H31N7. The Bertz CT molecular complexity index is 1080. The minimum absolute atomic E-state index is 0. The first-order chi connectivity index (χ1) is 14.7. The van der Waals surface area contributed by atoms with E-state index in [9.17, 15) is 0 Å². The largest absolute Gasteiger partial charge is 0.355 e. The molecule has 6 rings (SSSR count). The van der Waals surface area contributed by atoms with Gasteiger partial charge in [0, 0.05) is 58.3 Å². The molecule has 0 amide bonds. The number of hydrogen-bond donors (Lipinski definition) is 1. The molecule has 3 aromatic heterocycles. The van der Waals surface area contributed by atoms with Crippen molar-refractivity contribution in [2.45, 2.75) is 39.7 Å². The first-order valence-corrected chi connectivity index (χ1v) is 10.9. The zero-order valence-electron chi connectivity index (χ0n) is 17.7. The summed E-state index contributed by atoms with van der Waals surface area (Å²) in [4.78, 5) is 25.2. The summed E-state index contributed by atoms with van der Waals surface area (Å²) in [6.07, 6.45) is 8.71. The van der Waals surface area contributed by atoms with E-state index in [0.29, 0.717) is 23.7 Å². The summed E-state index contributed by atoms with van der Waals surface area (Å²) in [6, 6.07) is 2.47. The molecule has 1 saturated heterocycles. The zero-order valence-corrected chi connectivity index (χ0v) is 17.7. The Labute approximate surface area is 179 Å². The number of rotatable bonds is 3. The second-order valence-corrected chi connectivity index (χ2v) is 7.94. The van der Waals surface area contributed by atoms with E-state index >= 15 is 0 Å². The highest BCUT2D eigenvalue weighted by Crippen LogP contribution is 2.49. The summed E-state index contributed by atoms with van der Waals surface area (Å²) < 4.78 is 0. The molecule has 0 bridgehead atoms. The van der Waals surface area contributed by atoms with E-state index in [1.165, 1.54) is 23.0 Å². The van der Waals surface area contributed by atoms with Gasteiger partial charge in [-0.15, -0.1) is 0 Å². The maximum absolute atomic E-state index is 6.18. The van der Waals surface area contributed by atoms with Crippen LogP contribution in [0, 0.1) is 11.8 Å². The minimum Gasteiger partial charge on any atom is -0.355 e. The van der Waals surface area contributed by atoms with E-state index in [0.717, 1.165) is 48.7 Å². The van der Waals surface area contributed by atoms with Crippen molar-refractivity contribution in [2.24, 2.45) is 17.6 Å². The third kappa shape index (κ3) is 2.88. The topological polar surface area (TPSA) is 93.7 Å². The van der Waals surface area contributed by atoms with Gasteiger partial charge in [-0.2, -0.15) is 0 Å². The number of aromatic nitrogens is 5. The number of fused-ring (bicyclic) bond motifs is 4. The van der Waals surface area contributed by atoms with Crippen molar-refractivity contribution in [3.8, 4) is 22.5 Å².